The molecule has 1 heterocycles. The Labute approximate surface area is 133 Å². The van der Waals surface area contributed by atoms with Gasteiger partial charge in [0, 0.05) is 16.6 Å². The van der Waals surface area contributed by atoms with Crippen LogP contribution in [0.1, 0.15) is 29.3 Å². The minimum atomic E-state index is 0.615. The van der Waals surface area contributed by atoms with Crippen molar-refractivity contribution in [2.45, 2.75) is 33.4 Å². The smallest absolute Gasteiger partial charge is 0.127 e. The molecule has 108 valence electrons. The molecule has 0 fully saturated rings. The van der Waals surface area contributed by atoms with Gasteiger partial charge in [-0.15, -0.1) is 11.3 Å². The van der Waals surface area contributed by atoms with Crippen molar-refractivity contribution in [1.82, 2.24) is 5.32 Å². The summed E-state index contributed by atoms with van der Waals surface area (Å²) in [6, 6.07) is 8.38. The number of thiophene rings is 1. The zero-order chi connectivity index (χ0) is 14.4. The number of halogens is 1. The van der Waals surface area contributed by atoms with E-state index in [9.17, 15) is 0 Å². The zero-order valence-corrected chi connectivity index (χ0v) is 14.3. The van der Waals surface area contributed by atoms with Crippen LogP contribution in [-0.2, 0) is 13.2 Å². The van der Waals surface area contributed by atoms with Crippen LogP contribution in [-0.4, -0.2) is 6.54 Å². The number of hydrogen-bond donors (Lipinski definition) is 1. The fourth-order valence-electron chi connectivity index (χ4n) is 2.02. The Morgan fingerprint density at radius 2 is 2.15 bits per heavy atom. The van der Waals surface area contributed by atoms with Gasteiger partial charge in [-0.05, 0) is 52.8 Å². The van der Waals surface area contributed by atoms with Crippen molar-refractivity contribution < 1.29 is 4.74 Å². The molecule has 0 aliphatic rings. The average Bonchev–Trinajstić information content (AvgIpc) is 2.84. The summed E-state index contributed by atoms with van der Waals surface area (Å²) < 4.78 is 7.19. The first-order valence-electron chi connectivity index (χ1n) is 6.86. The van der Waals surface area contributed by atoms with Crippen LogP contribution in [0.3, 0.4) is 0 Å². The molecule has 2 nitrogen and oxygen atoms in total. The topological polar surface area (TPSA) is 21.3 Å². The second-order valence-electron chi connectivity index (χ2n) is 4.72. The molecule has 0 radical (unpaired) electrons. The molecule has 0 bridgehead atoms. The predicted molar refractivity (Wildman–Crippen MR) is 89.5 cm³/mol. The highest BCUT2D eigenvalue weighted by molar-refractivity contribution is 9.10. The summed E-state index contributed by atoms with van der Waals surface area (Å²) in [5, 5.41) is 5.51. The van der Waals surface area contributed by atoms with Gasteiger partial charge in [0.25, 0.3) is 0 Å². The molecule has 0 amide bonds. The minimum absolute atomic E-state index is 0.615. The molecule has 20 heavy (non-hydrogen) atoms. The standard InChI is InChI=1S/C16H20BrNOS/c1-3-8-18-10-13-6-4-5-12(2)16(13)19-11-15-14(17)7-9-20-15/h4-7,9,18H,3,8,10-11H2,1-2H3. The Kier molecular flexibility index (Phi) is 6.07. The second kappa shape index (κ2) is 7.81. The van der Waals surface area contributed by atoms with E-state index >= 15 is 0 Å². The molecule has 1 N–H and O–H groups in total. The SMILES string of the molecule is CCCNCc1cccc(C)c1OCc1sccc1Br. The first-order chi connectivity index (χ1) is 9.72. The van der Waals surface area contributed by atoms with Gasteiger partial charge < -0.3 is 10.1 Å². The van der Waals surface area contributed by atoms with Crippen molar-refractivity contribution >= 4 is 27.3 Å². The summed E-state index contributed by atoms with van der Waals surface area (Å²) >= 11 is 5.26. The summed E-state index contributed by atoms with van der Waals surface area (Å²) in [7, 11) is 0. The van der Waals surface area contributed by atoms with Gasteiger partial charge in [0.1, 0.15) is 12.4 Å². The van der Waals surface area contributed by atoms with E-state index < -0.39 is 0 Å². The molecule has 4 heteroatoms. The van der Waals surface area contributed by atoms with E-state index in [4.69, 9.17) is 4.74 Å². The summed E-state index contributed by atoms with van der Waals surface area (Å²) in [4.78, 5) is 1.22. The highest BCUT2D eigenvalue weighted by Crippen LogP contribution is 2.28. The number of para-hydroxylation sites is 1. The van der Waals surface area contributed by atoms with Crippen LogP contribution in [0.4, 0.5) is 0 Å². The highest BCUT2D eigenvalue weighted by Gasteiger charge is 2.09. The normalized spacial score (nSPS) is 10.8. The van der Waals surface area contributed by atoms with Gasteiger partial charge in [-0.25, -0.2) is 0 Å². The Morgan fingerprint density at radius 1 is 1.30 bits per heavy atom. The van der Waals surface area contributed by atoms with Crippen LogP contribution in [0.25, 0.3) is 0 Å². The number of benzene rings is 1. The maximum atomic E-state index is 6.06. The van der Waals surface area contributed by atoms with Gasteiger partial charge in [-0.1, -0.05) is 25.1 Å². The van der Waals surface area contributed by atoms with Gasteiger partial charge >= 0.3 is 0 Å². The number of aryl methyl sites for hydroxylation is 1. The van der Waals surface area contributed by atoms with Crippen molar-refractivity contribution in [3.63, 3.8) is 0 Å². The summed E-state index contributed by atoms with van der Waals surface area (Å²) in [5.41, 5.74) is 2.42. The molecule has 2 rings (SSSR count). The monoisotopic (exact) mass is 353 g/mol. The summed E-state index contributed by atoms with van der Waals surface area (Å²) in [5.74, 6) is 1.01. The molecule has 0 unspecified atom stereocenters. The van der Waals surface area contributed by atoms with Gasteiger partial charge in [-0.3, -0.25) is 0 Å². The average molecular weight is 354 g/mol. The van der Waals surface area contributed by atoms with Gasteiger partial charge in [-0.2, -0.15) is 0 Å². The molecule has 1 aromatic carbocycles. The number of ether oxygens (including phenoxy) is 1. The van der Waals surface area contributed by atoms with Crippen LogP contribution in [0.5, 0.6) is 5.75 Å². The molecule has 0 aliphatic heterocycles. The van der Waals surface area contributed by atoms with E-state index in [1.165, 1.54) is 16.0 Å². The first-order valence-corrected chi connectivity index (χ1v) is 8.53. The lowest BCUT2D eigenvalue weighted by Gasteiger charge is -2.14. The molecular weight excluding hydrogens is 334 g/mol. The van der Waals surface area contributed by atoms with Crippen LogP contribution in [0.15, 0.2) is 34.1 Å². The number of nitrogens with one attached hydrogen (secondary N) is 1. The largest absolute Gasteiger partial charge is 0.487 e. The lowest BCUT2D eigenvalue weighted by Crippen LogP contribution is -2.15. The number of rotatable bonds is 7. The van der Waals surface area contributed by atoms with E-state index in [-0.39, 0.29) is 0 Å². The van der Waals surface area contributed by atoms with Gasteiger partial charge in [0.2, 0.25) is 0 Å². The Hall–Kier alpha value is -0.840. The second-order valence-corrected chi connectivity index (χ2v) is 6.58. The molecule has 0 saturated carbocycles. The highest BCUT2D eigenvalue weighted by atomic mass is 79.9. The predicted octanol–water partition coefficient (Wildman–Crippen LogP) is 4.90. The van der Waals surface area contributed by atoms with Crippen LogP contribution < -0.4 is 10.1 Å². The Bertz CT molecular complexity index is 553. The van der Waals surface area contributed by atoms with Crippen molar-refractivity contribution in [1.29, 1.82) is 0 Å². The van der Waals surface area contributed by atoms with Crippen molar-refractivity contribution in [3.8, 4) is 5.75 Å². The third-order valence-electron chi connectivity index (χ3n) is 3.07. The lowest BCUT2D eigenvalue weighted by atomic mass is 10.1. The van der Waals surface area contributed by atoms with Crippen molar-refractivity contribution in [2.24, 2.45) is 0 Å². The molecule has 1 aromatic heterocycles. The molecular formula is C16H20BrNOS. The maximum Gasteiger partial charge on any atom is 0.127 e. The van der Waals surface area contributed by atoms with Crippen LogP contribution in [0, 0.1) is 6.92 Å². The van der Waals surface area contributed by atoms with E-state index in [1.807, 2.05) is 0 Å². The summed E-state index contributed by atoms with van der Waals surface area (Å²) in [6.45, 7) is 6.78. The third kappa shape index (κ3) is 4.08. The van der Waals surface area contributed by atoms with Crippen LogP contribution >= 0.6 is 27.3 Å². The van der Waals surface area contributed by atoms with Gasteiger partial charge in [0.15, 0.2) is 0 Å². The van der Waals surface area contributed by atoms with E-state index in [0.717, 1.165) is 29.7 Å². The van der Waals surface area contributed by atoms with E-state index in [1.54, 1.807) is 11.3 Å². The molecule has 0 saturated heterocycles. The maximum absolute atomic E-state index is 6.06. The first kappa shape index (κ1) is 15.5. The lowest BCUT2D eigenvalue weighted by molar-refractivity contribution is 0.303. The molecule has 2 aromatic rings. The summed E-state index contributed by atoms with van der Waals surface area (Å²) in [6.07, 6.45) is 1.14. The fraction of sp³-hybridized carbons (Fsp3) is 0.375. The van der Waals surface area contributed by atoms with E-state index in [2.05, 4.69) is 64.7 Å². The molecule has 0 aliphatic carbocycles. The fourth-order valence-corrected chi connectivity index (χ4v) is 3.40. The quantitative estimate of drug-likeness (QED) is 0.715. The Morgan fingerprint density at radius 3 is 2.85 bits per heavy atom. The van der Waals surface area contributed by atoms with Crippen molar-refractivity contribution in [2.75, 3.05) is 6.54 Å². The Balaban J connectivity index is 2.07. The zero-order valence-electron chi connectivity index (χ0n) is 11.9. The minimum Gasteiger partial charge on any atom is -0.487 e. The third-order valence-corrected chi connectivity index (χ3v) is 4.97. The molecule has 0 spiro atoms. The van der Waals surface area contributed by atoms with Gasteiger partial charge in [0.05, 0.1) is 4.88 Å². The van der Waals surface area contributed by atoms with E-state index in [0.29, 0.717) is 6.61 Å². The molecule has 0 atom stereocenters. The van der Waals surface area contributed by atoms with Crippen molar-refractivity contribution in [3.05, 3.63) is 50.1 Å². The number of hydrogen-bond acceptors (Lipinski definition) is 3. The van der Waals surface area contributed by atoms with Crippen LogP contribution in [0.2, 0.25) is 0 Å².